The van der Waals surface area contributed by atoms with Crippen molar-refractivity contribution in [3.8, 4) is 0 Å². The molecular weight excluding hydrogens is 356 g/mol. The zero-order valence-electron chi connectivity index (χ0n) is 14.2. The Bertz CT molecular complexity index is 756. The first kappa shape index (κ1) is 18.0. The molecule has 1 aliphatic heterocycles. The van der Waals surface area contributed by atoms with Gasteiger partial charge in [-0.3, -0.25) is 9.78 Å². The molecule has 1 N–H and O–H groups in total. The molecule has 0 fully saturated rings. The van der Waals surface area contributed by atoms with Gasteiger partial charge in [0.1, 0.15) is 11.0 Å². The van der Waals surface area contributed by atoms with E-state index >= 15 is 0 Å². The molecule has 0 unspecified atom stereocenters. The summed E-state index contributed by atoms with van der Waals surface area (Å²) in [7, 11) is 0. The number of aromatic nitrogens is 2. The van der Waals surface area contributed by atoms with Crippen LogP contribution in [0.1, 0.15) is 30.0 Å². The zero-order valence-corrected chi connectivity index (χ0v) is 15.7. The van der Waals surface area contributed by atoms with E-state index in [0.717, 1.165) is 36.0 Å². The highest BCUT2D eigenvalue weighted by Crippen LogP contribution is 2.28. The molecule has 7 heteroatoms. The van der Waals surface area contributed by atoms with Crippen molar-refractivity contribution in [3.63, 3.8) is 0 Å². The van der Waals surface area contributed by atoms with Crippen molar-refractivity contribution in [3.05, 3.63) is 52.4 Å². The third-order valence-corrected chi connectivity index (χ3v) is 5.16. The minimum Gasteiger partial charge on any atom is -0.352 e. The van der Waals surface area contributed by atoms with Gasteiger partial charge < -0.3 is 10.2 Å². The number of hydrogen-bond acceptors (Lipinski definition) is 5. The molecule has 2 heterocycles. The third kappa shape index (κ3) is 4.86. The predicted octanol–water partition coefficient (Wildman–Crippen LogP) is 3.41. The summed E-state index contributed by atoms with van der Waals surface area (Å²) >= 11 is 7.72. The molecule has 0 radical (unpaired) electrons. The number of carbonyl (C=O) groups excluding carboxylic acids is 1. The Labute approximate surface area is 157 Å². The zero-order chi connectivity index (χ0) is 17.6. The number of nitrogens with zero attached hydrogens (tertiary/aromatic N) is 3. The van der Waals surface area contributed by atoms with Crippen LogP contribution in [0.4, 0.5) is 5.82 Å². The number of thioether (sulfide) groups is 1. The minimum atomic E-state index is 0.109. The molecule has 132 valence electrons. The maximum absolute atomic E-state index is 11.8. The average molecular weight is 377 g/mol. The van der Waals surface area contributed by atoms with Gasteiger partial charge in [-0.15, -0.1) is 0 Å². The second-order valence-corrected chi connectivity index (χ2v) is 7.66. The molecule has 1 aliphatic rings. The van der Waals surface area contributed by atoms with Gasteiger partial charge >= 0.3 is 0 Å². The van der Waals surface area contributed by atoms with Crippen LogP contribution in [-0.4, -0.2) is 27.4 Å². The Morgan fingerprint density at radius 1 is 1.32 bits per heavy atom. The average Bonchev–Trinajstić information content (AvgIpc) is 3.03. The summed E-state index contributed by atoms with van der Waals surface area (Å²) < 4.78 is 0. The highest BCUT2D eigenvalue weighted by Gasteiger charge is 2.20. The monoisotopic (exact) mass is 376 g/mol. The van der Waals surface area contributed by atoms with Crippen LogP contribution >= 0.6 is 23.4 Å². The summed E-state index contributed by atoms with van der Waals surface area (Å²) in [6.45, 7) is 4.25. The van der Waals surface area contributed by atoms with E-state index in [1.54, 1.807) is 18.0 Å². The summed E-state index contributed by atoms with van der Waals surface area (Å²) in [5, 5.41) is 3.39. The van der Waals surface area contributed by atoms with E-state index in [4.69, 9.17) is 11.6 Å². The Morgan fingerprint density at radius 2 is 2.16 bits per heavy atom. The molecule has 1 aromatic heterocycles. The van der Waals surface area contributed by atoms with E-state index in [2.05, 4.69) is 45.3 Å². The van der Waals surface area contributed by atoms with Crippen LogP contribution in [0.2, 0.25) is 5.15 Å². The minimum absolute atomic E-state index is 0.109. The highest BCUT2D eigenvalue weighted by molar-refractivity contribution is 7.99. The molecule has 0 bridgehead atoms. The molecule has 1 amide bonds. The predicted molar refractivity (Wildman–Crippen MR) is 103 cm³/mol. The summed E-state index contributed by atoms with van der Waals surface area (Å²) in [4.78, 5) is 22.4. The summed E-state index contributed by atoms with van der Waals surface area (Å²) in [6.07, 6.45) is 3.84. The Kier molecular flexibility index (Phi) is 6.15. The van der Waals surface area contributed by atoms with Gasteiger partial charge in [0.25, 0.3) is 0 Å². The number of benzene rings is 1. The van der Waals surface area contributed by atoms with E-state index in [1.165, 1.54) is 17.3 Å². The van der Waals surface area contributed by atoms with Gasteiger partial charge in [-0.1, -0.05) is 36.7 Å². The SMILES string of the molecule is CCSCCC(=O)NCc1ccc2c(c1)CN(c1cncc(Cl)n1)C2. The summed E-state index contributed by atoms with van der Waals surface area (Å²) in [5.41, 5.74) is 3.65. The van der Waals surface area contributed by atoms with Crippen molar-refractivity contribution in [2.45, 2.75) is 33.0 Å². The number of fused-ring (bicyclic) bond motifs is 1. The fourth-order valence-electron chi connectivity index (χ4n) is 2.80. The number of anilines is 1. The van der Waals surface area contributed by atoms with E-state index in [9.17, 15) is 4.79 Å². The van der Waals surface area contributed by atoms with E-state index in [-0.39, 0.29) is 5.91 Å². The molecular formula is C18H21ClN4OS. The standard InChI is InChI=1S/C18H21ClN4OS/c1-2-25-6-5-18(24)21-8-13-3-4-14-11-23(12-15(14)7-13)17-10-20-9-16(19)22-17/h3-4,7,9-10H,2,5-6,8,11-12H2,1H3,(H,21,24). The lowest BCUT2D eigenvalue weighted by molar-refractivity contribution is -0.120. The normalized spacial score (nSPS) is 13.0. The summed E-state index contributed by atoms with van der Waals surface area (Å²) in [5.74, 6) is 2.82. The number of rotatable bonds is 7. The molecule has 5 nitrogen and oxygen atoms in total. The van der Waals surface area contributed by atoms with Gasteiger partial charge in [0.2, 0.25) is 5.91 Å². The maximum Gasteiger partial charge on any atom is 0.221 e. The van der Waals surface area contributed by atoms with Crippen molar-refractivity contribution >= 4 is 35.1 Å². The smallest absolute Gasteiger partial charge is 0.221 e. The van der Waals surface area contributed by atoms with Crippen LogP contribution in [0.3, 0.4) is 0 Å². The van der Waals surface area contributed by atoms with Crippen LogP contribution < -0.4 is 10.2 Å². The maximum atomic E-state index is 11.8. The van der Waals surface area contributed by atoms with Gasteiger partial charge in [-0.25, -0.2) is 4.98 Å². The van der Waals surface area contributed by atoms with Gasteiger partial charge in [0.15, 0.2) is 0 Å². The quantitative estimate of drug-likeness (QED) is 0.750. The number of amides is 1. The van der Waals surface area contributed by atoms with Crippen LogP contribution in [0.5, 0.6) is 0 Å². The van der Waals surface area contributed by atoms with Crippen LogP contribution in [0, 0.1) is 0 Å². The van der Waals surface area contributed by atoms with Crippen molar-refractivity contribution < 1.29 is 4.79 Å². The fourth-order valence-corrected chi connectivity index (χ4v) is 3.56. The van der Waals surface area contributed by atoms with Gasteiger partial charge in [0.05, 0.1) is 12.4 Å². The Morgan fingerprint density at radius 3 is 2.96 bits per heavy atom. The lowest BCUT2D eigenvalue weighted by atomic mass is 10.1. The highest BCUT2D eigenvalue weighted by atomic mass is 35.5. The third-order valence-electron chi connectivity index (χ3n) is 4.08. The second kappa shape index (κ2) is 8.54. The molecule has 0 saturated carbocycles. The Balaban J connectivity index is 1.58. The molecule has 2 aromatic rings. The van der Waals surface area contributed by atoms with Crippen molar-refractivity contribution in [2.24, 2.45) is 0 Å². The second-order valence-electron chi connectivity index (χ2n) is 5.88. The van der Waals surface area contributed by atoms with Crippen LogP contribution in [0.15, 0.2) is 30.6 Å². The fraction of sp³-hybridized carbons (Fsp3) is 0.389. The Hall–Kier alpha value is -1.79. The van der Waals surface area contributed by atoms with Crippen LogP contribution in [0.25, 0.3) is 0 Å². The number of halogens is 1. The lowest BCUT2D eigenvalue weighted by Crippen LogP contribution is -2.23. The first-order valence-corrected chi connectivity index (χ1v) is 9.86. The molecule has 25 heavy (non-hydrogen) atoms. The molecule has 1 aromatic carbocycles. The van der Waals surface area contributed by atoms with Crippen LogP contribution in [-0.2, 0) is 24.4 Å². The largest absolute Gasteiger partial charge is 0.352 e. The molecule has 0 saturated heterocycles. The van der Waals surface area contributed by atoms with Gasteiger partial charge in [-0.2, -0.15) is 11.8 Å². The number of hydrogen-bond donors (Lipinski definition) is 1. The molecule has 0 atom stereocenters. The topological polar surface area (TPSA) is 58.1 Å². The van der Waals surface area contributed by atoms with Crippen molar-refractivity contribution in [1.29, 1.82) is 0 Å². The molecule has 0 aliphatic carbocycles. The molecule has 3 rings (SSSR count). The number of carbonyl (C=O) groups is 1. The van der Waals surface area contributed by atoms with E-state index in [0.29, 0.717) is 18.1 Å². The number of nitrogens with one attached hydrogen (secondary N) is 1. The lowest BCUT2D eigenvalue weighted by Gasteiger charge is -2.15. The first-order chi connectivity index (χ1) is 12.2. The van der Waals surface area contributed by atoms with Crippen molar-refractivity contribution in [2.75, 3.05) is 16.4 Å². The van der Waals surface area contributed by atoms with Gasteiger partial charge in [-0.05, 0) is 22.4 Å². The van der Waals surface area contributed by atoms with E-state index < -0.39 is 0 Å². The van der Waals surface area contributed by atoms with E-state index in [1.807, 2.05) is 0 Å². The van der Waals surface area contributed by atoms with Crippen molar-refractivity contribution in [1.82, 2.24) is 15.3 Å². The first-order valence-electron chi connectivity index (χ1n) is 8.33. The van der Waals surface area contributed by atoms with Gasteiger partial charge in [0, 0.05) is 31.8 Å². The molecule has 0 spiro atoms. The summed E-state index contributed by atoms with van der Waals surface area (Å²) in [6, 6.07) is 6.36.